The molecule has 116 valence electrons. The van der Waals surface area contributed by atoms with Crippen molar-refractivity contribution in [1.82, 2.24) is 15.1 Å². The first kappa shape index (κ1) is 16.2. The molecule has 1 aromatic heterocycles. The summed E-state index contributed by atoms with van der Waals surface area (Å²) in [6.07, 6.45) is 1.68. The number of hydrogen-bond donors (Lipinski definition) is 2. The van der Waals surface area contributed by atoms with Gasteiger partial charge in [0, 0.05) is 16.7 Å². The third-order valence-electron chi connectivity index (χ3n) is 3.39. The Kier molecular flexibility index (Phi) is 4.97. The van der Waals surface area contributed by atoms with Crippen LogP contribution in [0, 0.1) is 5.92 Å². The van der Waals surface area contributed by atoms with Crippen LogP contribution in [0.25, 0.3) is 5.69 Å². The van der Waals surface area contributed by atoms with E-state index in [4.69, 9.17) is 5.11 Å². The van der Waals surface area contributed by atoms with Crippen molar-refractivity contribution >= 4 is 27.8 Å². The van der Waals surface area contributed by atoms with Crippen LogP contribution < -0.4 is 5.32 Å². The van der Waals surface area contributed by atoms with Gasteiger partial charge in [0.2, 0.25) is 0 Å². The number of carbonyl (C=O) groups excluding carboxylic acids is 1. The van der Waals surface area contributed by atoms with Crippen LogP contribution in [0.5, 0.6) is 0 Å². The van der Waals surface area contributed by atoms with Gasteiger partial charge in [-0.25, -0.2) is 4.68 Å². The van der Waals surface area contributed by atoms with Crippen molar-refractivity contribution in [2.45, 2.75) is 19.9 Å². The molecule has 1 amide bonds. The Morgan fingerprint density at radius 1 is 1.32 bits per heavy atom. The molecule has 7 heteroatoms. The summed E-state index contributed by atoms with van der Waals surface area (Å²) in [6.45, 7) is 3.20. The molecule has 6 nitrogen and oxygen atoms in total. The van der Waals surface area contributed by atoms with Crippen molar-refractivity contribution in [2.75, 3.05) is 0 Å². The molecule has 0 aliphatic heterocycles. The zero-order chi connectivity index (χ0) is 16.3. The minimum Gasteiger partial charge on any atom is -0.481 e. The van der Waals surface area contributed by atoms with Gasteiger partial charge < -0.3 is 10.4 Å². The van der Waals surface area contributed by atoms with E-state index in [0.717, 1.165) is 10.2 Å². The molecule has 2 N–H and O–H groups in total. The van der Waals surface area contributed by atoms with Gasteiger partial charge in [0.25, 0.3) is 5.91 Å². The number of amides is 1. The van der Waals surface area contributed by atoms with Crippen molar-refractivity contribution in [3.63, 3.8) is 0 Å². The number of nitrogens with one attached hydrogen (secondary N) is 1. The Bertz CT molecular complexity index is 699. The third kappa shape index (κ3) is 3.73. The maximum Gasteiger partial charge on any atom is 0.308 e. The number of halogens is 1. The van der Waals surface area contributed by atoms with Gasteiger partial charge in [0.05, 0.1) is 11.6 Å². The van der Waals surface area contributed by atoms with E-state index < -0.39 is 23.8 Å². The third-order valence-corrected chi connectivity index (χ3v) is 3.89. The van der Waals surface area contributed by atoms with Crippen LogP contribution in [0.2, 0.25) is 0 Å². The lowest BCUT2D eigenvalue weighted by atomic mass is 10.0. The SMILES string of the molecule is CC(NC(=O)c1ccn(-c2cccc(Br)c2)n1)C(C)C(=O)O. The van der Waals surface area contributed by atoms with Gasteiger partial charge in [-0.15, -0.1) is 0 Å². The predicted molar refractivity (Wildman–Crippen MR) is 85.0 cm³/mol. The van der Waals surface area contributed by atoms with E-state index in [2.05, 4.69) is 26.3 Å². The number of hydrogen-bond acceptors (Lipinski definition) is 3. The van der Waals surface area contributed by atoms with Gasteiger partial charge in [-0.1, -0.05) is 22.0 Å². The standard InChI is InChI=1S/C15H16BrN3O3/c1-9(15(21)22)10(2)17-14(20)13-6-7-19(18-13)12-5-3-4-11(16)8-12/h3-10H,1-2H3,(H,17,20)(H,21,22). The Morgan fingerprint density at radius 2 is 2.05 bits per heavy atom. The fraction of sp³-hybridized carbons (Fsp3) is 0.267. The largest absolute Gasteiger partial charge is 0.481 e. The smallest absolute Gasteiger partial charge is 0.308 e. The Morgan fingerprint density at radius 3 is 2.68 bits per heavy atom. The molecule has 0 saturated carbocycles. The van der Waals surface area contributed by atoms with Crippen LogP contribution in [0.1, 0.15) is 24.3 Å². The summed E-state index contributed by atoms with van der Waals surface area (Å²) in [7, 11) is 0. The quantitative estimate of drug-likeness (QED) is 0.852. The first-order valence-corrected chi connectivity index (χ1v) is 7.53. The number of carboxylic acid groups (broad SMARTS) is 1. The van der Waals surface area contributed by atoms with E-state index in [1.54, 1.807) is 30.8 Å². The molecule has 0 aliphatic rings. The number of benzene rings is 1. The topological polar surface area (TPSA) is 84.2 Å². The molecule has 0 aliphatic carbocycles. The highest BCUT2D eigenvalue weighted by Crippen LogP contribution is 2.15. The average molecular weight is 366 g/mol. The summed E-state index contributed by atoms with van der Waals surface area (Å²) in [5.74, 6) is -2.02. The molecule has 2 aromatic rings. The van der Waals surface area contributed by atoms with Crippen LogP contribution in [-0.4, -0.2) is 32.8 Å². The lowest BCUT2D eigenvalue weighted by Gasteiger charge is -2.16. The van der Waals surface area contributed by atoms with Crippen molar-refractivity contribution in [1.29, 1.82) is 0 Å². The molecule has 2 rings (SSSR count). The van der Waals surface area contributed by atoms with E-state index in [-0.39, 0.29) is 5.69 Å². The van der Waals surface area contributed by atoms with Crippen LogP contribution >= 0.6 is 15.9 Å². The monoisotopic (exact) mass is 365 g/mol. The molecule has 0 fully saturated rings. The first-order chi connectivity index (χ1) is 10.4. The minimum absolute atomic E-state index is 0.240. The molecule has 0 saturated heterocycles. The second-order valence-corrected chi connectivity index (χ2v) is 5.93. The maximum atomic E-state index is 12.1. The normalized spacial score (nSPS) is 13.4. The molecule has 1 aromatic carbocycles. The van der Waals surface area contributed by atoms with Gasteiger partial charge >= 0.3 is 5.97 Å². The van der Waals surface area contributed by atoms with E-state index in [1.165, 1.54) is 0 Å². The van der Waals surface area contributed by atoms with Crippen LogP contribution in [0.4, 0.5) is 0 Å². The number of carbonyl (C=O) groups is 2. The summed E-state index contributed by atoms with van der Waals surface area (Å²) in [5.41, 5.74) is 1.06. The van der Waals surface area contributed by atoms with Gasteiger partial charge in [-0.05, 0) is 38.1 Å². The number of aliphatic carboxylic acids is 1. The van der Waals surface area contributed by atoms with Crippen molar-refractivity contribution in [3.8, 4) is 5.69 Å². The Balaban J connectivity index is 2.11. The first-order valence-electron chi connectivity index (χ1n) is 6.74. The second-order valence-electron chi connectivity index (χ2n) is 5.01. The van der Waals surface area contributed by atoms with Gasteiger partial charge in [0.1, 0.15) is 0 Å². The van der Waals surface area contributed by atoms with Crippen molar-refractivity contribution < 1.29 is 14.7 Å². The zero-order valence-electron chi connectivity index (χ0n) is 12.2. The highest BCUT2D eigenvalue weighted by atomic mass is 79.9. The summed E-state index contributed by atoms with van der Waals surface area (Å²) >= 11 is 3.38. The predicted octanol–water partition coefficient (Wildman–Crippen LogP) is 2.47. The number of aromatic nitrogens is 2. The Hall–Kier alpha value is -2.15. The van der Waals surface area contributed by atoms with Crippen LogP contribution in [-0.2, 0) is 4.79 Å². The Labute approximate surface area is 136 Å². The van der Waals surface area contributed by atoms with Crippen LogP contribution in [0.15, 0.2) is 41.0 Å². The van der Waals surface area contributed by atoms with Crippen molar-refractivity contribution in [3.05, 3.63) is 46.7 Å². The average Bonchev–Trinajstić information content (AvgIpc) is 2.96. The molecule has 0 radical (unpaired) electrons. The highest BCUT2D eigenvalue weighted by Gasteiger charge is 2.22. The molecule has 2 atom stereocenters. The molecule has 1 heterocycles. The van der Waals surface area contributed by atoms with Crippen LogP contribution in [0.3, 0.4) is 0 Å². The lowest BCUT2D eigenvalue weighted by Crippen LogP contribution is -2.40. The zero-order valence-corrected chi connectivity index (χ0v) is 13.7. The molecule has 0 spiro atoms. The van der Waals surface area contributed by atoms with E-state index >= 15 is 0 Å². The van der Waals surface area contributed by atoms with E-state index in [1.807, 2.05) is 24.3 Å². The maximum absolute atomic E-state index is 12.1. The second kappa shape index (κ2) is 6.74. The molecular weight excluding hydrogens is 350 g/mol. The molecule has 22 heavy (non-hydrogen) atoms. The fourth-order valence-corrected chi connectivity index (χ4v) is 2.21. The summed E-state index contributed by atoms with van der Waals surface area (Å²) in [5, 5.41) is 15.8. The molecular formula is C15H16BrN3O3. The summed E-state index contributed by atoms with van der Waals surface area (Å²) < 4.78 is 2.50. The minimum atomic E-state index is -0.951. The lowest BCUT2D eigenvalue weighted by molar-refractivity contribution is -0.141. The fourth-order valence-electron chi connectivity index (χ4n) is 1.83. The van der Waals surface area contributed by atoms with Gasteiger partial charge in [0.15, 0.2) is 5.69 Å². The highest BCUT2D eigenvalue weighted by molar-refractivity contribution is 9.10. The van der Waals surface area contributed by atoms with E-state index in [0.29, 0.717) is 0 Å². The molecule has 2 unspecified atom stereocenters. The number of rotatable bonds is 5. The summed E-state index contributed by atoms with van der Waals surface area (Å²) in [4.78, 5) is 23.0. The number of carboxylic acids is 1. The van der Waals surface area contributed by atoms with Gasteiger partial charge in [-0.3, -0.25) is 9.59 Å². The van der Waals surface area contributed by atoms with E-state index in [9.17, 15) is 9.59 Å². The number of nitrogens with zero attached hydrogens (tertiary/aromatic N) is 2. The van der Waals surface area contributed by atoms with Crippen molar-refractivity contribution in [2.24, 2.45) is 5.92 Å². The molecule has 0 bridgehead atoms. The summed E-state index contributed by atoms with van der Waals surface area (Å²) in [6, 6.07) is 8.63. The van der Waals surface area contributed by atoms with Gasteiger partial charge in [-0.2, -0.15) is 5.10 Å².